The highest BCUT2D eigenvalue weighted by molar-refractivity contribution is 6.39. The van der Waals surface area contributed by atoms with Crippen LogP contribution in [-0.4, -0.2) is 22.9 Å². The summed E-state index contributed by atoms with van der Waals surface area (Å²) in [6, 6.07) is 11.1. The Morgan fingerprint density at radius 3 is 2.71 bits per heavy atom. The summed E-state index contributed by atoms with van der Waals surface area (Å²) in [6.07, 6.45) is 4.80. The molecular weight excluding hydrogens is 286 g/mol. The highest BCUT2D eigenvalue weighted by Gasteiger charge is 2.18. The third kappa shape index (κ3) is 2.45. The third-order valence-corrected chi connectivity index (χ3v) is 3.69. The number of aromatic nitrogens is 2. The quantitative estimate of drug-likeness (QED) is 0.726. The molecule has 1 aromatic carbocycles. The summed E-state index contributed by atoms with van der Waals surface area (Å²) in [5.74, 6) is -0.216. The van der Waals surface area contributed by atoms with Gasteiger partial charge in [-0.2, -0.15) is 0 Å². The molecule has 0 aliphatic carbocycles. The van der Waals surface area contributed by atoms with Crippen LogP contribution >= 0.6 is 11.6 Å². The first kappa shape index (κ1) is 13.5. The maximum Gasteiger partial charge on any atom is 0.261 e. The van der Waals surface area contributed by atoms with E-state index < -0.39 is 0 Å². The number of hydrogen-bond acceptors (Lipinski definition) is 3. The Morgan fingerprint density at radius 1 is 1.14 bits per heavy atom. The van der Waals surface area contributed by atoms with Crippen LogP contribution in [0.25, 0.3) is 10.9 Å². The van der Waals surface area contributed by atoms with Gasteiger partial charge in [-0.3, -0.25) is 14.8 Å². The number of fused-ring (bicyclic) bond motifs is 1. The first-order valence-corrected chi connectivity index (χ1v) is 6.77. The van der Waals surface area contributed by atoms with Crippen LogP contribution in [0.15, 0.2) is 55.0 Å². The van der Waals surface area contributed by atoms with E-state index in [-0.39, 0.29) is 5.91 Å². The first-order valence-electron chi connectivity index (χ1n) is 6.40. The molecule has 21 heavy (non-hydrogen) atoms. The van der Waals surface area contributed by atoms with Crippen molar-refractivity contribution in [3.05, 3.63) is 65.6 Å². The topological polar surface area (TPSA) is 46.1 Å². The number of benzene rings is 1. The molecule has 5 heteroatoms. The molecule has 0 bridgehead atoms. The molecule has 0 aliphatic rings. The fourth-order valence-electron chi connectivity index (χ4n) is 2.11. The van der Waals surface area contributed by atoms with Crippen LogP contribution in [0.1, 0.15) is 10.4 Å². The van der Waals surface area contributed by atoms with E-state index >= 15 is 0 Å². The zero-order valence-electron chi connectivity index (χ0n) is 11.3. The number of carbonyl (C=O) groups is 1. The molecule has 0 unspecified atom stereocenters. The van der Waals surface area contributed by atoms with Crippen molar-refractivity contribution in [2.24, 2.45) is 0 Å². The van der Waals surface area contributed by atoms with Crippen molar-refractivity contribution >= 4 is 34.1 Å². The number of para-hydroxylation sites is 1. The number of nitrogens with zero attached hydrogens (tertiary/aromatic N) is 3. The lowest BCUT2D eigenvalue weighted by Crippen LogP contribution is -2.26. The van der Waals surface area contributed by atoms with Crippen LogP contribution in [0.5, 0.6) is 0 Å². The average Bonchev–Trinajstić information content (AvgIpc) is 2.55. The summed E-state index contributed by atoms with van der Waals surface area (Å²) in [6.45, 7) is 0. The lowest BCUT2D eigenvalue weighted by molar-refractivity contribution is 0.0993. The highest BCUT2D eigenvalue weighted by atomic mass is 35.5. The summed E-state index contributed by atoms with van der Waals surface area (Å²) in [4.78, 5) is 22.4. The number of hydrogen-bond donors (Lipinski definition) is 0. The maximum atomic E-state index is 12.6. The average molecular weight is 298 g/mol. The molecule has 3 aromatic rings. The Kier molecular flexibility index (Phi) is 3.54. The summed E-state index contributed by atoms with van der Waals surface area (Å²) < 4.78 is 0. The van der Waals surface area contributed by atoms with E-state index in [2.05, 4.69) is 9.97 Å². The van der Waals surface area contributed by atoms with Gasteiger partial charge in [0.2, 0.25) is 0 Å². The smallest absolute Gasteiger partial charge is 0.261 e. The summed E-state index contributed by atoms with van der Waals surface area (Å²) in [5.41, 5.74) is 1.84. The van der Waals surface area contributed by atoms with Gasteiger partial charge in [-0.05, 0) is 18.2 Å². The van der Waals surface area contributed by atoms with Gasteiger partial charge in [0.1, 0.15) is 0 Å². The van der Waals surface area contributed by atoms with E-state index in [0.29, 0.717) is 16.3 Å². The van der Waals surface area contributed by atoms with Crippen molar-refractivity contribution in [1.82, 2.24) is 9.97 Å². The van der Waals surface area contributed by atoms with Gasteiger partial charge < -0.3 is 4.90 Å². The fraction of sp³-hybridized carbons (Fsp3) is 0.0625. The van der Waals surface area contributed by atoms with Crippen LogP contribution in [0.4, 0.5) is 5.69 Å². The molecule has 0 fully saturated rings. The summed E-state index contributed by atoms with van der Waals surface area (Å²) in [5, 5.41) is 1.19. The molecule has 0 N–H and O–H groups in total. The van der Waals surface area contributed by atoms with Gasteiger partial charge in [-0.1, -0.05) is 29.8 Å². The Bertz CT molecular complexity index is 805. The molecule has 2 heterocycles. The predicted octanol–water partition coefficient (Wildman–Crippen LogP) is 3.56. The van der Waals surface area contributed by atoms with E-state index in [1.54, 1.807) is 25.5 Å². The lowest BCUT2D eigenvalue weighted by atomic mass is 10.1. The first-order chi connectivity index (χ1) is 10.2. The third-order valence-electron chi connectivity index (χ3n) is 3.28. The van der Waals surface area contributed by atoms with E-state index in [0.717, 1.165) is 10.9 Å². The molecule has 0 spiro atoms. The number of carbonyl (C=O) groups excluding carboxylic acids is 1. The van der Waals surface area contributed by atoms with Gasteiger partial charge in [-0.25, -0.2) is 0 Å². The van der Waals surface area contributed by atoms with E-state index in [4.69, 9.17) is 11.6 Å². The van der Waals surface area contributed by atoms with Gasteiger partial charge >= 0.3 is 0 Å². The van der Waals surface area contributed by atoms with Crippen LogP contribution < -0.4 is 4.90 Å². The summed E-state index contributed by atoms with van der Waals surface area (Å²) in [7, 11) is 1.69. The molecule has 0 atom stereocenters. The Hall–Kier alpha value is -2.46. The number of rotatable bonds is 2. The SMILES string of the molecule is CN(C(=O)c1cnc2ccccc2c1Cl)c1cccnc1. The largest absolute Gasteiger partial charge is 0.310 e. The van der Waals surface area contributed by atoms with Crippen LogP contribution in [0.2, 0.25) is 5.02 Å². The molecule has 0 saturated heterocycles. The predicted molar refractivity (Wildman–Crippen MR) is 83.7 cm³/mol. The molecule has 0 aliphatic heterocycles. The standard InChI is InChI=1S/C16H12ClN3O/c1-20(11-5-4-8-18-9-11)16(21)13-10-19-14-7-3-2-6-12(14)15(13)17/h2-10H,1H3. The second-order valence-corrected chi connectivity index (χ2v) is 4.96. The fourth-order valence-corrected chi connectivity index (χ4v) is 2.40. The summed E-state index contributed by atoms with van der Waals surface area (Å²) >= 11 is 6.36. The lowest BCUT2D eigenvalue weighted by Gasteiger charge is -2.17. The molecular formula is C16H12ClN3O. The van der Waals surface area contributed by atoms with E-state index in [1.807, 2.05) is 30.3 Å². The molecule has 104 valence electrons. The molecule has 0 radical (unpaired) electrons. The van der Waals surface area contributed by atoms with E-state index in [9.17, 15) is 4.79 Å². The van der Waals surface area contributed by atoms with Gasteiger partial charge in [0, 0.05) is 24.8 Å². The van der Waals surface area contributed by atoms with Crippen molar-refractivity contribution in [2.75, 3.05) is 11.9 Å². The normalized spacial score (nSPS) is 10.6. The minimum Gasteiger partial charge on any atom is -0.310 e. The number of anilines is 1. The number of halogens is 1. The second kappa shape index (κ2) is 5.50. The van der Waals surface area contributed by atoms with Crippen molar-refractivity contribution in [3.63, 3.8) is 0 Å². The zero-order valence-corrected chi connectivity index (χ0v) is 12.1. The highest BCUT2D eigenvalue weighted by Crippen LogP contribution is 2.27. The van der Waals surface area contributed by atoms with Gasteiger partial charge in [0.25, 0.3) is 5.91 Å². The van der Waals surface area contributed by atoms with Gasteiger partial charge in [-0.15, -0.1) is 0 Å². The Labute approximate surface area is 127 Å². The van der Waals surface area contributed by atoms with Crippen molar-refractivity contribution in [2.45, 2.75) is 0 Å². The van der Waals surface area contributed by atoms with Crippen LogP contribution in [0, 0.1) is 0 Å². The molecule has 1 amide bonds. The Balaban J connectivity index is 2.04. The molecule has 4 nitrogen and oxygen atoms in total. The monoisotopic (exact) mass is 297 g/mol. The van der Waals surface area contributed by atoms with Crippen molar-refractivity contribution in [1.29, 1.82) is 0 Å². The number of pyridine rings is 2. The molecule has 3 rings (SSSR count). The Morgan fingerprint density at radius 2 is 1.95 bits per heavy atom. The van der Waals surface area contributed by atoms with Crippen LogP contribution in [0.3, 0.4) is 0 Å². The number of amides is 1. The minimum atomic E-state index is -0.216. The molecule has 2 aromatic heterocycles. The van der Waals surface area contributed by atoms with Gasteiger partial charge in [0.05, 0.1) is 28.0 Å². The van der Waals surface area contributed by atoms with Crippen molar-refractivity contribution in [3.8, 4) is 0 Å². The second-order valence-electron chi connectivity index (χ2n) is 4.58. The van der Waals surface area contributed by atoms with E-state index in [1.165, 1.54) is 11.1 Å². The zero-order chi connectivity index (χ0) is 14.8. The van der Waals surface area contributed by atoms with Gasteiger partial charge in [0.15, 0.2) is 0 Å². The van der Waals surface area contributed by atoms with Crippen LogP contribution in [-0.2, 0) is 0 Å². The van der Waals surface area contributed by atoms with Crippen molar-refractivity contribution < 1.29 is 4.79 Å². The molecule has 0 saturated carbocycles. The minimum absolute atomic E-state index is 0.216. The maximum absolute atomic E-state index is 12.6.